The average molecular weight is 97.1 g/mol. The molecular weight excluding hydrogens is 90.1 g/mol. The van der Waals surface area contributed by atoms with Crippen LogP contribution in [0.3, 0.4) is 0 Å². The number of rotatable bonds is 2. The van der Waals surface area contributed by atoms with E-state index < -0.39 is 0 Å². The fourth-order valence-electron chi connectivity index (χ4n) is 0.165. The van der Waals surface area contributed by atoms with Crippen LogP contribution >= 0.6 is 0 Å². The topological polar surface area (TPSA) is 21.6 Å². The van der Waals surface area contributed by atoms with Crippen LogP contribution in [0.2, 0.25) is 0 Å². The van der Waals surface area contributed by atoms with Crippen molar-refractivity contribution in [2.75, 3.05) is 7.11 Å². The van der Waals surface area contributed by atoms with Crippen LogP contribution in [-0.4, -0.2) is 13.3 Å². The molecule has 0 aromatic carbocycles. The third kappa shape index (κ3) is 5.03. The van der Waals surface area contributed by atoms with Crippen LogP contribution in [0.1, 0.15) is 6.42 Å². The molecule has 0 saturated heterocycles. The van der Waals surface area contributed by atoms with Gasteiger partial charge in [0.15, 0.2) is 0 Å². The van der Waals surface area contributed by atoms with Crippen LogP contribution in [0.4, 0.5) is 0 Å². The van der Waals surface area contributed by atoms with Gasteiger partial charge in [-0.1, -0.05) is 5.16 Å². The molecule has 0 rings (SSSR count). The molecule has 0 radical (unpaired) electrons. The second-order valence-electron chi connectivity index (χ2n) is 0.879. The molecule has 0 aromatic rings. The van der Waals surface area contributed by atoms with Crippen LogP contribution < -0.4 is 0 Å². The maximum absolute atomic E-state index is 4.87. The Hall–Kier alpha value is -0.970. The molecule has 7 heavy (non-hydrogen) atoms. The summed E-state index contributed by atoms with van der Waals surface area (Å²) in [6.07, 6.45) is 6.94. The third-order valence-electron chi connectivity index (χ3n) is 0.389. The third-order valence-corrected chi connectivity index (χ3v) is 0.389. The summed E-state index contributed by atoms with van der Waals surface area (Å²) in [6.45, 7) is 0. The lowest BCUT2D eigenvalue weighted by atomic mass is 10.5. The van der Waals surface area contributed by atoms with Gasteiger partial charge in [-0.05, 0) is 0 Å². The van der Waals surface area contributed by atoms with Crippen molar-refractivity contribution in [3.8, 4) is 12.3 Å². The Balaban J connectivity index is 2.97. The fourth-order valence-corrected chi connectivity index (χ4v) is 0.165. The molecule has 0 atom stereocenters. The molecule has 0 saturated carbocycles. The van der Waals surface area contributed by atoms with Crippen molar-refractivity contribution < 1.29 is 4.84 Å². The first-order valence-corrected chi connectivity index (χ1v) is 1.90. The molecular formula is C5H7NO. The number of hydrogen-bond acceptors (Lipinski definition) is 2. The lowest BCUT2D eigenvalue weighted by Crippen LogP contribution is -1.70. The van der Waals surface area contributed by atoms with Crippen molar-refractivity contribution in [3.05, 3.63) is 0 Å². The van der Waals surface area contributed by atoms with E-state index in [1.165, 1.54) is 13.3 Å². The standard InChI is InChI=1S/C5H7NO/c1-3-4-5-6-7-2/h1,5H,4H2,2H3/b6-5-. The smallest absolute Gasteiger partial charge is 0.106 e. The summed E-state index contributed by atoms with van der Waals surface area (Å²) in [5, 5.41) is 3.39. The molecule has 0 aliphatic rings. The van der Waals surface area contributed by atoms with Gasteiger partial charge in [0.05, 0.1) is 6.21 Å². The summed E-state index contributed by atoms with van der Waals surface area (Å²) in [4.78, 5) is 4.32. The first kappa shape index (κ1) is 6.03. The number of terminal acetylenes is 1. The fraction of sp³-hybridized carbons (Fsp3) is 0.400. The molecule has 0 amide bonds. The minimum absolute atomic E-state index is 0.536. The van der Waals surface area contributed by atoms with Gasteiger partial charge >= 0.3 is 0 Å². The summed E-state index contributed by atoms with van der Waals surface area (Å²) >= 11 is 0. The average Bonchev–Trinajstić information content (AvgIpc) is 1.69. The summed E-state index contributed by atoms with van der Waals surface area (Å²) in [7, 11) is 1.48. The first-order chi connectivity index (χ1) is 3.41. The largest absolute Gasteiger partial charge is 0.399 e. The zero-order chi connectivity index (χ0) is 5.54. The SMILES string of the molecule is C#CC/C=N\OC. The van der Waals surface area contributed by atoms with Gasteiger partial charge in [-0.15, -0.1) is 12.3 Å². The Morgan fingerprint density at radius 3 is 3.14 bits per heavy atom. The summed E-state index contributed by atoms with van der Waals surface area (Å²) < 4.78 is 0. The molecule has 0 aromatic heterocycles. The molecule has 0 aliphatic heterocycles. The highest BCUT2D eigenvalue weighted by atomic mass is 16.6. The van der Waals surface area contributed by atoms with E-state index in [9.17, 15) is 0 Å². The van der Waals surface area contributed by atoms with Gasteiger partial charge in [0.25, 0.3) is 0 Å². The predicted molar refractivity (Wildman–Crippen MR) is 29.0 cm³/mol. The summed E-state index contributed by atoms with van der Waals surface area (Å²) in [5.41, 5.74) is 0. The zero-order valence-electron chi connectivity index (χ0n) is 4.22. The van der Waals surface area contributed by atoms with E-state index in [1.807, 2.05) is 0 Å². The van der Waals surface area contributed by atoms with E-state index in [0.29, 0.717) is 6.42 Å². The van der Waals surface area contributed by atoms with Crippen LogP contribution in [-0.2, 0) is 4.84 Å². The molecule has 0 spiro atoms. The Morgan fingerprint density at radius 1 is 2.00 bits per heavy atom. The molecule has 0 unspecified atom stereocenters. The highest BCUT2D eigenvalue weighted by molar-refractivity contribution is 5.59. The summed E-state index contributed by atoms with van der Waals surface area (Å²) in [6, 6.07) is 0. The lowest BCUT2D eigenvalue weighted by molar-refractivity contribution is 0.215. The van der Waals surface area contributed by atoms with Crippen molar-refractivity contribution in [2.45, 2.75) is 6.42 Å². The second kappa shape index (κ2) is 5.03. The van der Waals surface area contributed by atoms with Gasteiger partial charge < -0.3 is 4.84 Å². The lowest BCUT2D eigenvalue weighted by Gasteiger charge is -1.78. The van der Waals surface area contributed by atoms with E-state index in [1.54, 1.807) is 0 Å². The maximum atomic E-state index is 4.87. The van der Waals surface area contributed by atoms with Gasteiger partial charge in [0.2, 0.25) is 0 Å². The zero-order valence-corrected chi connectivity index (χ0v) is 4.22. The van der Waals surface area contributed by atoms with Gasteiger partial charge in [0.1, 0.15) is 7.11 Å². The van der Waals surface area contributed by atoms with Gasteiger partial charge in [-0.2, -0.15) is 0 Å². The Kier molecular flexibility index (Phi) is 4.33. The van der Waals surface area contributed by atoms with E-state index in [4.69, 9.17) is 6.42 Å². The Bertz CT molecular complexity index is 90.7. The Morgan fingerprint density at radius 2 is 2.71 bits per heavy atom. The molecule has 2 heteroatoms. The van der Waals surface area contributed by atoms with E-state index in [2.05, 4.69) is 15.9 Å². The van der Waals surface area contributed by atoms with Crippen LogP contribution in [0.25, 0.3) is 0 Å². The molecule has 0 bridgehead atoms. The second-order valence-corrected chi connectivity index (χ2v) is 0.879. The Labute approximate surface area is 43.2 Å². The van der Waals surface area contributed by atoms with Crippen molar-refractivity contribution in [1.82, 2.24) is 0 Å². The van der Waals surface area contributed by atoms with Crippen molar-refractivity contribution in [2.24, 2.45) is 5.16 Å². The van der Waals surface area contributed by atoms with Crippen molar-refractivity contribution in [3.63, 3.8) is 0 Å². The molecule has 0 fully saturated rings. The van der Waals surface area contributed by atoms with Crippen LogP contribution in [0, 0.1) is 12.3 Å². The van der Waals surface area contributed by atoms with Gasteiger partial charge in [0, 0.05) is 6.42 Å². The maximum Gasteiger partial charge on any atom is 0.106 e. The van der Waals surface area contributed by atoms with Crippen molar-refractivity contribution in [1.29, 1.82) is 0 Å². The van der Waals surface area contributed by atoms with E-state index in [-0.39, 0.29) is 0 Å². The molecule has 38 valence electrons. The number of nitrogens with zero attached hydrogens (tertiary/aromatic N) is 1. The highest BCUT2D eigenvalue weighted by Gasteiger charge is 1.63. The number of hydrogen-bond donors (Lipinski definition) is 0. The molecule has 0 heterocycles. The molecule has 0 N–H and O–H groups in total. The quantitative estimate of drug-likeness (QED) is 0.281. The highest BCUT2D eigenvalue weighted by Crippen LogP contribution is 1.67. The normalized spacial score (nSPS) is 8.57. The van der Waals surface area contributed by atoms with Gasteiger partial charge in [-0.3, -0.25) is 0 Å². The van der Waals surface area contributed by atoms with Crippen LogP contribution in [0.5, 0.6) is 0 Å². The number of oxime groups is 1. The molecule has 2 nitrogen and oxygen atoms in total. The molecule has 0 aliphatic carbocycles. The van der Waals surface area contributed by atoms with Crippen LogP contribution in [0.15, 0.2) is 5.16 Å². The van der Waals surface area contributed by atoms with Gasteiger partial charge in [-0.25, -0.2) is 0 Å². The monoisotopic (exact) mass is 97.1 g/mol. The minimum Gasteiger partial charge on any atom is -0.399 e. The summed E-state index contributed by atoms with van der Waals surface area (Å²) in [5.74, 6) is 2.37. The van der Waals surface area contributed by atoms with Crippen molar-refractivity contribution >= 4 is 6.21 Å². The first-order valence-electron chi connectivity index (χ1n) is 1.90. The van der Waals surface area contributed by atoms with E-state index in [0.717, 1.165) is 0 Å². The van der Waals surface area contributed by atoms with E-state index >= 15 is 0 Å². The predicted octanol–water partition coefficient (Wildman–Crippen LogP) is 0.642. The minimum atomic E-state index is 0.536.